The number of oxazole rings is 1. The third-order valence-electron chi connectivity index (χ3n) is 4.12. The molecule has 0 saturated heterocycles. The largest absolute Gasteiger partial charge is 0.455 e. The topological polar surface area (TPSA) is 99.2 Å². The number of thioether (sulfide) groups is 1. The van der Waals surface area contributed by atoms with E-state index in [-0.39, 0.29) is 11.6 Å². The van der Waals surface area contributed by atoms with Crippen molar-refractivity contribution in [3.8, 4) is 5.69 Å². The Bertz CT molecular complexity index is 1200. The Labute approximate surface area is 180 Å². The van der Waals surface area contributed by atoms with Crippen LogP contribution in [-0.2, 0) is 14.3 Å². The van der Waals surface area contributed by atoms with E-state index < -0.39 is 18.5 Å². The molecular weight excluding hydrogens is 423 g/mol. The monoisotopic (exact) mass is 440 g/mol. The fraction of sp³-hybridized carbons (Fsp3) is 0.143. The number of aromatic nitrogens is 3. The first-order chi connectivity index (χ1) is 15.0. The van der Waals surface area contributed by atoms with Crippen LogP contribution in [-0.4, -0.2) is 39.0 Å². The summed E-state index contributed by atoms with van der Waals surface area (Å²) in [6, 6.07) is 14.6. The van der Waals surface area contributed by atoms with E-state index in [0.29, 0.717) is 33.5 Å². The second-order valence-electron chi connectivity index (χ2n) is 6.50. The van der Waals surface area contributed by atoms with Gasteiger partial charge in [-0.05, 0) is 43.3 Å². The first-order valence-electron chi connectivity index (χ1n) is 9.24. The van der Waals surface area contributed by atoms with Gasteiger partial charge in [0.05, 0.1) is 11.4 Å². The van der Waals surface area contributed by atoms with Crippen LogP contribution < -0.4 is 5.32 Å². The lowest BCUT2D eigenvalue weighted by Gasteiger charge is -2.09. The predicted molar refractivity (Wildman–Crippen MR) is 113 cm³/mol. The van der Waals surface area contributed by atoms with Crippen molar-refractivity contribution in [2.45, 2.75) is 12.1 Å². The highest BCUT2D eigenvalue weighted by Gasteiger charge is 2.14. The van der Waals surface area contributed by atoms with Crippen LogP contribution in [0.5, 0.6) is 0 Å². The van der Waals surface area contributed by atoms with E-state index in [2.05, 4.69) is 15.4 Å². The van der Waals surface area contributed by atoms with Crippen LogP contribution in [0.25, 0.3) is 16.8 Å². The number of fused-ring (bicyclic) bond motifs is 1. The molecule has 1 amide bonds. The lowest BCUT2D eigenvalue weighted by Crippen LogP contribution is -2.23. The summed E-state index contributed by atoms with van der Waals surface area (Å²) >= 11 is 1.09. The minimum atomic E-state index is -0.578. The molecule has 0 aliphatic heterocycles. The Balaban J connectivity index is 1.30. The maximum atomic E-state index is 13.2. The summed E-state index contributed by atoms with van der Waals surface area (Å²) in [4.78, 5) is 28.5. The zero-order valence-electron chi connectivity index (χ0n) is 16.4. The molecule has 0 saturated carbocycles. The number of rotatable bonds is 7. The normalized spacial score (nSPS) is 10.9. The Morgan fingerprint density at radius 2 is 1.97 bits per heavy atom. The van der Waals surface area contributed by atoms with Crippen molar-refractivity contribution in [2.75, 3.05) is 17.7 Å². The molecule has 0 spiro atoms. The quantitative estimate of drug-likeness (QED) is 0.345. The fourth-order valence-electron chi connectivity index (χ4n) is 2.77. The number of hydrogen-bond acceptors (Lipinski definition) is 7. The molecular formula is C21H17FN4O4S. The smallest absolute Gasteiger partial charge is 0.316 e. The van der Waals surface area contributed by atoms with Crippen LogP contribution in [0.4, 0.5) is 10.2 Å². The number of para-hydroxylation sites is 2. The molecule has 4 aromatic rings. The third kappa shape index (κ3) is 5.10. The molecule has 2 heterocycles. The Morgan fingerprint density at radius 1 is 1.19 bits per heavy atom. The van der Waals surface area contributed by atoms with E-state index in [1.165, 1.54) is 16.8 Å². The highest BCUT2D eigenvalue weighted by Crippen LogP contribution is 2.23. The predicted octanol–water partition coefficient (Wildman–Crippen LogP) is 3.74. The van der Waals surface area contributed by atoms with E-state index >= 15 is 0 Å². The zero-order chi connectivity index (χ0) is 21.8. The van der Waals surface area contributed by atoms with Gasteiger partial charge in [0.2, 0.25) is 0 Å². The van der Waals surface area contributed by atoms with Crippen LogP contribution in [0.2, 0.25) is 0 Å². The molecule has 0 radical (unpaired) electrons. The maximum Gasteiger partial charge on any atom is 0.316 e. The van der Waals surface area contributed by atoms with Gasteiger partial charge >= 0.3 is 5.97 Å². The standard InChI is InChI=1S/C21H17FN4O4S/c1-13-10-18(26(25-13)15-8-6-14(22)7-9-15)24-19(27)11-29-20(28)12-31-21-23-16-4-2-3-5-17(16)30-21/h2-10H,11-12H2,1H3,(H,24,27). The van der Waals surface area contributed by atoms with Crippen LogP contribution >= 0.6 is 11.8 Å². The number of nitrogens with zero attached hydrogens (tertiary/aromatic N) is 3. The number of carbonyl (C=O) groups is 2. The summed E-state index contributed by atoms with van der Waals surface area (Å²) in [7, 11) is 0. The van der Waals surface area contributed by atoms with Gasteiger partial charge in [0.25, 0.3) is 11.1 Å². The summed E-state index contributed by atoms with van der Waals surface area (Å²) in [5, 5.41) is 7.28. The summed E-state index contributed by atoms with van der Waals surface area (Å²) in [5.74, 6) is -1.15. The van der Waals surface area contributed by atoms with Gasteiger partial charge in [0, 0.05) is 6.07 Å². The molecule has 0 aliphatic carbocycles. The van der Waals surface area contributed by atoms with Gasteiger partial charge in [-0.15, -0.1) is 0 Å². The van der Waals surface area contributed by atoms with Crippen molar-refractivity contribution < 1.29 is 23.1 Å². The highest BCUT2D eigenvalue weighted by atomic mass is 32.2. The maximum absolute atomic E-state index is 13.2. The average molecular weight is 440 g/mol. The lowest BCUT2D eigenvalue weighted by atomic mass is 10.3. The molecule has 158 valence electrons. The summed E-state index contributed by atoms with van der Waals surface area (Å²) in [5.41, 5.74) is 2.57. The van der Waals surface area contributed by atoms with Crippen LogP contribution in [0.1, 0.15) is 5.69 Å². The third-order valence-corrected chi connectivity index (χ3v) is 4.92. The van der Waals surface area contributed by atoms with E-state index in [9.17, 15) is 14.0 Å². The molecule has 31 heavy (non-hydrogen) atoms. The van der Waals surface area contributed by atoms with Gasteiger partial charge < -0.3 is 14.5 Å². The van der Waals surface area contributed by atoms with Gasteiger partial charge in [-0.1, -0.05) is 23.9 Å². The van der Waals surface area contributed by atoms with Crippen LogP contribution in [0, 0.1) is 12.7 Å². The number of amides is 1. The van der Waals surface area contributed by atoms with E-state index in [1.807, 2.05) is 18.2 Å². The molecule has 4 rings (SSSR count). The molecule has 2 aromatic heterocycles. The van der Waals surface area contributed by atoms with E-state index in [1.54, 1.807) is 31.2 Å². The van der Waals surface area contributed by atoms with E-state index in [4.69, 9.17) is 9.15 Å². The minimum Gasteiger partial charge on any atom is -0.455 e. The van der Waals surface area contributed by atoms with Gasteiger partial charge in [-0.25, -0.2) is 14.1 Å². The second kappa shape index (κ2) is 9.00. The molecule has 10 heteroatoms. The average Bonchev–Trinajstić information content (AvgIpc) is 3.34. The lowest BCUT2D eigenvalue weighted by molar-refractivity contribution is -0.144. The zero-order valence-corrected chi connectivity index (χ0v) is 17.2. The summed E-state index contributed by atoms with van der Waals surface area (Å²) < 4.78 is 25.2. The molecule has 1 N–H and O–H groups in total. The van der Waals surface area contributed by atoms with Crippen molar-refractivity contribution in [2.24, 2.45) is 0 Å². The molecule has 0 unspecified atom stereocenters. The van der Waals surface area contributed by atoms with E-state index in [0.717, 1.165) is 11.8 Å². The van der Waals surface area contributed by atoms with Crippen LogP contribution in [0.15, 0.2) is 64.2 Å². The number of nitrogens with one attached hydrogen (secondary N) is 1. The van der Waals surface area contributed by atoms with Crippen LogP contribution in [0.3, 0.4) is 0 Å². The highest BCUT2D eigenvalue weighted by molar-refractivity contribution is 7.99. The molecule has 0 bridgehead atoms. The Morgan fingerprint density at radius 3 is 2.74 bits per heavy atom. The minimum absolute atomic E-state index is 0.0489. The molecule has 0 aliphatic rings. The van der Waals surface area contributed by atoms with Crippen molar-refractivity contribution in [1.82, 2.24) is 14.8 Å². The van der Waals surface area contributed by atoms with Gasteiger partial charge in [-0.2, -0.15) is 5.10 Å². The van der Waals surface area contributed by atoms with Gasteiger partial charge in [0.1, 0.15) is 22.9 Å². The van der Waals surface area contributed by atoms with Crippen molar-refractivity contribution in [3.05, 3.63) is 66.1 Å². The number of aryl methyl sites for hydroxylation is 1. The number of carbonyl (C=O) groups excluding carboxylic acids is 2. The first-order valence-corrected chi connectivity index (χ1v) is 10.2. The fourth-order valence-corrected chi connectivity index (χ4v) is 3.40. The second-order valence-corrected chi connectivity index (χ2v) is 7.43. The molecule has 2 aromatic carbocycles. The number of esters is 1. The number of ether oxygens (including phenoxy) is 1. The number of hydrogen-bond donors (Lipinski definition) is 1. The SMILES string of the molecule is Cc1cc(NC(=O)COC(=O)CSc2nc3ccccc3o2)n(-c2ccc(F)cc2)n1. The van der Waals surface area contributed by atoms with Gasteiger partial charge in [-0.3, -0.25) is 9.59 Å². The van der Waals surface area contributed by atoms with Crippen molar-refractivity contribution in [3.63, 3.8) is 0 Å². The number of benzene rings is 2. The molecule has 0 fully saturated rings. The summed E-state index contributed by atoms with van der Waals surface area (Å²) in [6.45, 7) is 1.31. The molecule has 8 nitrogen and oxygen atoms in total. The number of halogens is 1. The number of anilines is 1. The Hall–Kier alpha value is -3.66. The first kappa shape index (κ1) is 20.6. The summed E-state index contributed by atoms with van der Waals surface area (Å²) in [6.07, 6.45) is 0. The van der Waals surface area contributed by atoms with Crippen molar-refractivity contribution in [1.29, 1.82) is 0 Å². The molecule has 0 atom stereocenters. The van der Waals surface area contributed by atoms with Gasteiger partial charge in [0.15, 0.2) is 12.2 Å². The Kier molecular flexibility index (Phi) is 5.99. The van der Waals surface area contributed by atoms with Crippen molar-refractivity contribution >= 4 is 40.6 Å².